The third-order valence-electron chi connectivity index (χ3n) is 5.29. The van der Waals surface area contributed by atoms with E-state index >= 15 is 0 Å². The second kappa shape index (κ2) is 10.5. The summed E-state index contributed by atoms with van der Waals surface area (Å²) in [5.41, 5.74) is 1.30. The van der Waals surface area contributed by atoms with Crippen molar-refractivity contribution in [2.75, 3.05) is 13.7 Å². The Morgan fingerprint density at radius 2 is 2.06 bits per heavy atom. The Hall–Kier alpha value is -2.69. The van der Waals surface area contributed by atoms with Crippen LogP contribution in [0.5, 0.6) is 11.5 Å². The van der Waals surface area contributed by atoms with E-state index in [2.05, 4.69) is 20.9 Å². The van der Waals surface area contributed by atoms with Crippen LogP contribution >= 0.6 is 38.6 Å². The molecular formula is C25H25BrN2O5S2. The zero-order valence-electron chi connectivity index (χ0n) is 20.0. The van der Waals surface area contributed by atoms with Gasteiger partial charge in [-0.15, -0.1) is 11.3 Å². The van der Waals surface area contributed by atoms with Crippen molar-refractivity contribution >= 4 is 50.6 Å². The largest absolute Gasteiger partial charge is 0.493 e. The lowest BCUT2D eigenvalue weighted by atomic mass is 9.95. The maximum Gasteiger partial charge on any atom is 0.338 e. The lowest BCUT2D eigenvalue weighted by Crippen LogP contribution is -2.39. The van der Waals surface area contributed by atoms with Crippen molar-refractivity contribution in [3.63, 3.8) is 0 Å². The van der Waals surface area contributed by atoms with Crippen LogP contribution in [0.4, 0.5) is 0 Å². The Bertz CT molecular complexity index is 1480. The molecule has 0 bridgehead atoms. The van der Waals surface area contributed by atoms with Crippen LogP contribution in [-0.2, 0) is 9.53 Å². The van der Waals surface area contributed by atoms with Gasteiger partial charge in [0.25, 0.3) is 5.56 Å². The van der Waals surface area contributed by atoms with Gasteiger partial charge in [-0.1, -0.05) is 17.4 Å². The summed E-state index contributed by atoms with van der Waals surface area (Å²) in [4.78, 5) is 32.8. The molecule has 1 atom stereocenters. The van der Waals surface area contributed by atoms with Crippen molar-refractivity contribution in [2.24, 2.45) is 4.99 Å². The molecular weight excluding hydrogens is 552 g/mol. The van der Waals surface area contributed by atoms with Crippen molar-refractivity contribution in [3.05, 3.63) is 75.5 Å². The summed E-state index contributed by atoms with van der Waals surface area (Å²) < 4.78 is 19.8. The minimum Gasteiger partial charge on any atom is -0.493 e. The first kappa shape index (κ1) is 25.4. The van der Waals surface area contributed by atoms with Crippen molar-refractivity contribution in [1.29, 1.82) is 0 Å². The molecule has 10 heteroatoms. The molecule has 7 nitrogen and oxygen atoms in total. The summed E-state index contributed by atoms with van der Waals surface area (Å²) in [5, 5.41) is 1.95. The van der Waals surface area contributed by atoms with Crippen molar-refractivity contribution in [1.82, 2.24) is 4.57 Å². The number of carbonyl (C=O) groups excluding carboxylic acids is 1. The van der Waals surface area contributed by atoms with Gasteiger partial charge in [0.1, 0.15) is 0 Å². The van der Waals surface area contributed by atoms with Gasteiger partial charge in [0.15, 0.2) is 16.3 Å². The number of benzene rings is 1. The highest BCUT2D eigenvalue weighted by Gasteiger charge is 2.34. The number of ether oxygens (including phenoxy) is 3. The number of rotatable bonds is 7. The monoisotopic (exact) mass is 576 g/mol. The van der Waals surface area contributed by atoms with Crippen molar-refractivity contribution in [3.8, 4) is 11.5 Å². The molecule has 2 aromatic heterocycles. The molecule has 0 saturated heterocycles. The summed E-state index contributed by atoms with van der Waals surface area (Å²) in [5.74, 6) is 0.591. The fraction of sp³-hybridized carbons (Fsp3) is 0.320. The zero-order chi connectivity index (χ0) is 25.3. The number of carbonyl (C=O) groups is 1. The number of methoxy groups -OCH3 is 1. The Labute approximate surface area is 219 Å². The Kier molecular flexibility index (Phi) is 7.63. The highest BCUT2D eigenvalue weighted by atomic mass is 79.9. The molecule has 0 aliphatic carbocycles. The molecule has 0 radical (unpaired) electrons. The number of fused-ring (bicyclic) bond motifs is 1. The van der Waals surface area contributed by atoms with Gasteiger partial charge in [0.05, 0.1) is 41.7 Å². The zero-order valence-corrected chi connectivity index (χ0v) is 23.2. The molecule has 0 amide bonds. The number of allylic oxidation sites excluding steroid dienone is 1. The third-order valence-corrected chi connectivity index (χ3v) is 8.09. The molecule has 0 unspecified atom stereocenters. The van der Waals surface area contributed by atoms with Crippen LogP contribution in [0.1, 0.15) is 44.2 Å². The summed E-state index contributed by atoms with van der Waals surface area (Å²) in [7, 11) is 1.56. The highest BCUT2D eigenvalue weighted by molar-refractivity contribution is 9.10. The molecule has 0 fully saturated rings. The average molecular weight is 578 g/mol. The predicted octanol–water partition coefficient (Wildman–Crippen LogP) is 4.42. The van der Waals surface area contributed by atoms with Crippen LogP contribution < -0.4 is 24.4 Å². The molecule has 1 aliphatic rings. The van der Waals surface area contributed by atoms with Crippen LogP contribution in [0, 0.1) is 0 Å². The van der Waals surface area contributed by atoms with E-state index in [4.69, 9.17) is 14.2 Å². The molecule has 0 spiro atoms. The van der Waals surface area contributed by atoms with Gasteiger partial charge in [-0.2, -0.15) is 0 Å². The fourth-order valence-corrected chi connectivity index (χ4v) is 6.36. The number of nitrogens with zero attached hydrogens (tertiary/aromatic N) is 2. The number of aromatic nitrogens is 1. The van der Waals surface area contributed by atoms with E-state index in [1.807, 2.05) is 37.4 Å². The van der Waals surface area contributed by atoms with Crippen LogP contribution in [-0.4, -0.2) is 30.4 Å². The van der Waals surface area contributed by atoms with E-state index in [1.165, 1.54) is 22.7 Å². The van der Waals surface area contributed by atoms with E-state index in [0.717, 1.165) is 9.35 Å². The average Bonchev–Trinajstić information content (AvgIpc) is 3.35. The van der Waals surface area contributed by atoms with Crippen LogP contribution in [0.2, 0.25) is 0 Å². The van der Waals surface area contributed by atoms with Gasteiger partial charge < -0.3 is 14.2 Å². The number of hydrogen-bond acceptors (Lipinski definition) is 8. The van der Waals surface area contributed by atoms with Gasteiger partial charge in [0, 0.05) is 9.35 Å². The second-order valence-electron chi connectivity index (χ2n) is 8.01. The quantitative estimate of drug-likeness (QED) is 0.389. The molecule has 184 valence electrons. The molecule has 1 aliphatic heterocycles. The van der Waals surface area contributed by atoms with E-state index in [9.17, 15) is 9.59 Å². The number of halogens is 1. The predicted molar refractivity (Wildman–Crippen MR) is 141 cm³/mol. The topological polar surface area (TPSA) is 79.1 Å². The first-order valence-electron chi connectivity index (χ1n) is 11.0. The van der Waals surface area contributed by atoms with Crippen LogP contribution in [0.25, 0.3) is 6.08 Å². The summed E-state index contributed by atoms with van der Waals surface area (Å²) >= 11 is 6.34. The van der Waals surface area contributed by atoms with Gasteiger partial charge in [-0.25, -0.2) is 9.79 Å². The summed E-state index contributed by atoms with van der Waals surface area (Å²) in [6.07, 6.45) is 1.81. The molecule has 3 heterocycles. The van der Waals surface area contributed by atoms with Crippen molar-refractivity contribution < 1.29 is 19.0 Å². The first-order valence-corrected chi connectivity index (χ1v) is 13.5. The standard InChI is InChI=1S/C25H25BrN2O5S2/c1-6-32-24(30)21-14(4)27-25-28(23(29)20(35-25)12-19-16(26)9-10-34-19)22(21)15-7-8-17(33-13(2)3)18(11-15)31-5/h7-13,22H,6H2,1-5H3/b20-12-/t22-/m0/s1. The second-order valence-corrected chi connectivity index (χ2v) is 10.8. The molecule has 0 N–H and O–H groups in total. The molecule has 0 saturated carbocycles. The normalized spacial score (nSPS) is 15.7. The third kappa shape index (κ3) is 5.00. The lowest BCUT2D eigenvalue weighted by molar-refractivity contribution is -0.139. The SMILES string of the molecule is CCOC(=O)C1=C(C)N=c2s/c(=C\c3sccc3Br)c(=O)n2[C@H]1c1ccc(OC(C)C)c(OC)c1. The minimum absolute atomic E-state index is 0.0405. The van der Waals surface area contributed by atoms with Crippen molar-refractivity contribution in [2.45, 2.75) is 39.8 Å². The van der Waals surface area contributed by atoms with E-state index in [-0.39, 0.29) is 18.3 Å². The smallest absolute Gasteiger partial charge is 0.338 e. The fourth-order valence-electron chi connectivity index (χ4n) is 3.84. The van der Waals surface area contributed by atoms with Gasteiger partial charge in [-0.3, -0.25) is 9.36 Å². The lowest BCUT2D eigenvalue weighted by Gasteiger charge is -2.25. The van der Waals surface area contributed by atoms with Gasteiger partial charge >= 0.3 is 5.97 Å². The maximum atomic E-state index is 13.7. The molecule has 1 aromatic carbocycles. The first-order chi connectivity index (χ1) is 16.7. The molecule has 3 aromatic rings. The Balaban J connectivity index is 1.95. The molecule has 4 rings (SSSR count). The number of esters is 1. The Morgan fingerprint density at radius 3 is 2.69 bits per heavy atom. The summed E-state index contributed by atoms with van der Waals surface area (Å²) in [6, 6.07) is 6.65. The van der Waals surface area contributed by atoms with E-state index in [1.54, 1.807) is 37.7 Å². The van der Waals surface area contributed by atoms with E-state index in [0.29, 0.717) is 37.7 Å². The maximum absolute atomic E-state index is 13.7. The van der Waals surface area contributed by atoms with Gasteiger partial charge in [-0.05, 0) is 78.8 Å². The van der Waals surface area contributed by atoms with E-state index < -0.39 is 12.0 Å². The number of thiazole rings is 1. The minimum atomic E-state index is -0.721. The number of thiophene rings is 1. The Morgan fingerprint density at radius 1 is 1.29 bits per heavy atom. The van der Waals surface area contributed by atoms with Crippen LogP contribution in [0.3, 0.4) is 0 Å². The van der Waals surface area contributed by atoms with Crippen LogP contribution in [0.15, 0.2) is 55.2 Å². The molecule has 35 heavy (non-hydrogen) atoms. The van der Waals surface area contributed by atoms with Gasteiger partial charge in [0.2, 0.25) is 0 Å². The highest BCUT2D eigenvalue weighted by Crippen LogP contribution is 2.36. The summed E-state index contributed by atoms with van der Waals surface area (Å²) in [6.45, 7) is 7.59. The number of hydrogen-bond donors (Lipinski definition) is 0.